The molecular weight excluding hydrogens is 368 g/mol. The second-order valence-electron chi connectivity index (χ2n) is 10.3. The van der Waals surface area contributed by atoms with Crippen molar-refractivity contribution in [2.24, 2.45) is 17.3 Å². The molecule has 172 valence electrons. The summed E-state index contributed by atoms with van der Waals surface area (Å²) in [6, 6.07) is 0. The Morgan fingerprint density at radius 2 is 1.87 bits per heavy atom. The van der Waals surface area contributed by atoms with Crippen LogP contribution in [0.2, 0.25) is 0 Å². The van der Waals surface area contributed by atoms with Crippen LogP contribution < -0.4 is 0 Å². The number of ether oxygens (including phenoxy) is 1. The molecule has 2 rings (SSSR count). The third-order valence-electron chi connectivity index (χ3n) is 7.46. The topological polar surface area (TPSA) is 15.7 Å². The van der Waals surface area contributed by atoms with Gasteiger partial charge in [-0.3, -0.25) is 0 Å². The van der Waals surface area contributed by atoms with Gasteiger partial charge in [0.15, 0.2) is 0 Å². The van der Waals surface area contributed by atoms with Crippen LogP contribution in [0.5, 0.6) is 0 Å². The molecule has 2 fully saturated rings. The molecule has 1 saturated heterocycles. The molecular formula is C27H48N2O. The number of piperidine rings is 1. The third kappa shape index (κ3) is 7.18. The number of methoxy groups -OCH3 is 1. The van der Waals surface area contributed by atoms with Gasteiger partial charge in [-0.2, -0.15) is 0 Å². The van der Waals surface area contributed by atoms with E-state index in [1.807, 2.05) is 0 Å². The summed E-state index contributed by atoms with van der Waals surface area (Å²) in [7, 11) is 3.98. The summed E-state index contributed by atoms with van der Waals surface area (Å²) in [6.07, 6.45) is 15.3. The predicted molar refractivity (Wildman–Crippen MR) is 130 cm³/mol. The fourth-order valence-corrected chi connectivity index (χ4v) is 5.35. The van der Waals surface area contributed by atoms with Gasteiger partial charge in [-0.1, -0.05) is 40.2 Å². The van der Waals surface area contributed by atoms with Gasteiger partial charge in [0.25, 0.3) is 0 Å². The highest BCUT2D eigenvalue weighted by molar-refractivity contribution is 5.37. The summed E-state index contributed by atoms with van der Waals surface area (Å²) in [5.74, 6) is 1.43. The molecule has 0 N–H and O–H groups in total. The second-order valence-corrected chi connectivity index (χ2v) is 10.3. The average molecular weight is 417 g/mol. The smallest absolute Gasteiger partial charge is 0.0727 e. The van der Waals surface area contributed by atoms with Gasteiger partial charge in [0, 0.05) is 45.7 Å². The van der Waals surface area contributed by atoms with Gasteiger partial charge in [0.2, 0.25) is 0 Å². The Labute approximate surface area is 187 Å². The molecule has 0 radical (unpaired) electrons. The molecule has 0 aromatic carbocycles. The number of likely N-dealkylation sites (tertiary alicyclic amines) is 1. The van der Waals surface area contributed by atoms with Gasteiger partial charge < -0.3 is 14.5 Å². The molecule has 3 heteroatoms. The Kier molecular flexibility index (Phi) is 10.0. The van der Waals surface area contributed by atoms with Gasteiger partial charge in [-0.15, -0.1) is 0 Å². The molecule has 0 aromatic rings. The zero-order valence-corrected chi connectivity index (χ0v) is 20.8. The van der Waals surface area contributed by atoms with E-state index in [4.69, 9.17) is 4.74 Å². The lowest BCUT2D eigenvalue weighted by atomic mass is 9.74. The van der Waals surface area contributed by atoms with E-state index in [0.29, 0.717) is 17.9 Å². The van der Waals surface area contributed by atoms with Crippen LogP contribution in [0.1, 0.15) is 79.1 Å². The van der Waals surface area contributed by atoms with Crippen molar-refractivity contribution in [3.8, 4) is 0 Å². The van der Waals surface area contributed by atoms with Crippen molar-refractivity contribution in [2.45, 2.75) is 79.1 Å². The summed E-state index contributed by atoms with van der Waals surface area (Å²) in [4.78, 5) is 4.90. The summed E-state index contributed by atoms with van der Waals surface area (Å²) < 4.78 is 5.49. The van der Waals surface area contributed by atoms with Crippen molar-refractivity contribution < 1.29 is 4.74 Å². The Morgan fingerprint density at radius 1 is 1.17 bits per heavy atom. The zero-order valence-electron chi connectivity index (χ0n) is 20.8. The molecule has 3 nitrogen and oxygen atoms in total. The van der Waals surface area contributed by atoms with Crippen LogP contribution in [-0.4, -0.2) is 50.2 Å². The quantitative estimate of drug-likeness (QED) is 0.309. The first-order valence-corrected chi connectivity index (χ1v) is 12.4. The molecule has 0 aromatic heterocycles. The van der Waals surface area contributed by atoms with Gasteiger partial charge in [-0.05, 0) is 79.9 Å². The van der Waals surface area contributed by atoms with Crippen LogP contribution in [0.4, 0.5) is 0 Å². The van der Waals surface area contributed by atoms with Gasteiger partial charge >= 0.3 is 0 Å². The van der Waals surface area contributed by atoms with Gasteiger partial charge in [0.1, 0.15) is 0 Å². The Morgan fingerprint density at radius 3 is 2.47 bits per heavy atom. The van der Waals surface area contributed by atoms with Crippen molar-refractivity contribution in [3.63, 3.8) is 0 Å². The molecule has 1 aliphatic heterocycles. The fourth-order valence-electron chi connectivity index (χ4n) is 5.35. The average Bonchev–Trinajstić information content (AvgIpc) is 2.89. The molecule has 0 spiro atoms. The van der Waals surface area contributed by atoms with Crippen LogP contribution in [0.3, 0.4) is 0 Å². The molecule has 3 atom stereocenters. The number of allylic oxidation sites excluding steroid dienone is 2. The lowest BCUT2D eigenvalue weighted by Gasteiger charge is -2.34. The SMILES string of the molecule is C=C(COC)/C(=C\C(=C\N(C)CC)C1CCC(C)CC(C)(CC)C1)N1CCCCC1. The molecule has 3 unspecified atom stereocenters. The maximum absolute atomic E-state index is 5.49. The monoisotopic (exact) mass is 416 g/mol. The normalized spacial score (nSPS) is 28.9. The highest BCUT2D eigenvalue weighted by atomic mass is 16.5. The summed E-state index contributed by atoms with van der Waals surface area (Å²) in [6.45, 7) is 17.9. The first-order chi connectivity index (χ1) is 14.3. The van der Waals surface area contributed by atoms with Crippen LogP contribution in [0, 0.1) is 17.3 Å². The molecule has 1 heterocycles. The largest absolute Gasteiger partial charge is 0.380 e. The first kappa shape index (κ1) is 25.0. The van der Waals surface area contributed by atoms with E-state index in [1.54, 1.807) is 7.11 Å². The zero-order chi connectivity index (χ0) is 22.1. The highest BCUT2D eigenvalue weighted by Crippen LogP contribution is 2.45. The van der Waals surface area contributed by atoms with E-state index in [-0.39, 0.29) is 0 Å². The summed E-state index contributed by atoms with van der Waals surface area (Å²) in [5, 5.41) is 0. The number of hydrogen-bond acceptors (Lipinski definition) is 3. The second kappa shape index (κ2) is 12.0. The fraction of sp³-hybridized carbons (Fsp3) is 0.778. The van der Waals surface area contributed by atoms with E-state index in [0.717, 1.165) is 31.1 Å². The standard InChI is InChI=1S/C27H48N2O/c1-8-27(5)18-22(3)13-14-24(19-27)25(20-28(6)9-2)17-26(23(4)21-30-7)29-15-11-10-12-16-29/h17,20,22,24H,4,8-16,18-19,21H2,1-3,5-7H3/b25-20-,26-17+. The number of hydrogen-bond donors (Lipinski definition) is 0. The summed E-state index contributed by atoms with van der Waals surface area (Å²) >= 11 is 0. The number of rotatable bonds is 9. The molecule has 30 heavy (non-hydrogen) atoms. The van der Waals surface area contributed by atoms with Crippen LogP contribution in [0.15, 0.2) is 35.7 Å². The van der Waals surface area contributed by atoms with Crippen molar-refractivity contribution in [1.29, 1.82) is 0 Å². The molecule has 1 saturated carbocycles. The minimum atomic E-state index is 0.438. The maximum atomic E-state index is 5.49. The van der Waals surface area contributed by atoms with E-state index in [9.17, 15) is 0 Å². The van der Waals surface area contributed by atoms with Crippen molar-refractivity contribution in [2.75, 3.05) is 40.4 Å². The van der Waals surface area contributed by atoms with E-state index >= 15 is 0 Å². The first-order valence-electron chi connectivity index (χ1n) is 12.4. The lowest BCUT2D eigenvalue weighted by Crippen LogP contribution is -2.31. The minimum Gasteiger partial charge on any atom is -0.380 e. The van der Waals surface area contributed by atoms with Gasteiger partial charge in [-0.25, -0.2) is 0 Å². The molecule has 1 aliphatic carbocycles. The van der Waals surface area contributed by atoms with Crippen molar-refractivity contribution in [1.82, 2.24) is 9.80 Å². The predicted octanol–water partition coefficient (Wildman–Crippen LogP) is 6.64. The van der Waals surface area contributed by atoms with E-state index < -0.39 is 0 Å². The summed E-state index contributed by atoms with van der Waals surface area (Å²) in [5.41, 5.74) is 4.35. The minimum absolute atomic E-state index is 0.438. The van der Waals surface area contributed by atoms with Crippen LogP contribution >= 0.6 is 0 Å². The number of nitrogens with zero attached hydrogens (tertiary/aromatic N) is 2. The van der Waals surface area contributed by atoms with Crippen molar-refractivity contribution in [3.05, 3.63) is 35.7 Å². The maximum Gasteiger partial charge on any atom is 0.0727 e. The van der Waals surface area contributed by atoms with Gasteiger partial charge in [0.05, 0.1) is 6.61 Å². The van der Waals surface area contributed by atoms with E-state index in [2.05, 4.69) is 63.4 Å². The van der Waals surface area contributed by atoms with Crippen molar-refractivity contribution >= 4 is 0 Å². The molecule has 0 bridgehead atoms. The molecule has 0 amide bonds. The Balaban J connectivity index is 2.44. The lowest BCUT2D eigenvalue weighted by molar-refractivity contribution is 0.216. The van der Waals surface area contributed by atoms with Crippen LogP contribution in [0.25, 0.3) is 0 Å². The third-order valence-corrected chi connectivity index (χ3v) is 7.46. The Bertz CT molecular complexity index is 602. The molecule has 2 aliphatic rings. The van der Waals surface area contributed by atoms with E-state index in [1.165, 1.54) is 62.6 Å². The van der Waals surface area contributed by atoms with Crippen LogP contribution in [-0.2, 0) is 4.74 Å². The Hall–Kier alpha value is -1.22. The highest BCUT2D eigenvalue weighted by Gasteiger charge is 2.33.